The minimum Gasteiger partial charge on any atom is -0.498 e. The Morgan fingerprint density at radius 1 is 0.674 bits per heavy atom. The van der Waals surface area contributed by atoms with Gasteiger partial charge >= 0.3 is 0 Å². The second kappa shape index (κ2) is 27.8. The van der Waals surface area contributed by atoms with Crippen LogP contribution in [0.3, 0.4) is 0 Å². The zero-order valence-corrected chi connectivity index (χ0v) is 29.8. The second-order valence-corrected chi connectivity index (χ2v) is 11.9. The molecule has 0 aliphatic heterocycles. The van der Waals surface area contributed by atoms with Crippen molar-refractivity contribution in [1.29, 1.82) is 0 Å². The first-order valence-corrected chi connectivity index (χ1v) is 18.1. The summed E-state index contributed by atoms with van der Waals surface area (Å²) in [6.45, 7) is 12.3. The molecule has 0 saturated heterocycles. The number of hydrogen-bond acceptors (Lipinski definition) is 7. The molecule has 3 aliphatic carbocycles. The van der Waals surface area contributed by atoms with Gasteiger partial charge in [0.1, 0.15) is 0 Å². The lowest BCUT2D eigenvalue weighted by molar-refractivity contribution is -0.120. The molecule has 2 atom stereocenters. The standard InChI is InChI=1S/C12H20O2.C11H18O3.C8H12O2.C4H9I/c1-3-5-6-10-7-8-11(14-4-2)9-12(10)13;1-2-14-10-6-5-9(4-3-7-12)11(13)8-10;1-2-10-8-5-3-4-7(9)6-8;1-2-3-4-5/h9-10H,3-8H2,1-2H3;8-9,12H,2-7H2,1H3;6H,2-5H2,1H3;2-4H2,1H3. The lowest BCUT2D eigenvalue weighted by Crippen LogP contribution is -2.18. The Kier molecular flexibility index (Phi) is 26.8. The number of allylic oxidation sites excluding steroid dienone is 6. The first kappa shape index (κ1) is 41.3. The predicted octanol–water partition coefficient (Wildman–Crippen LogP) is 8.62. The molecule has 3 rings (SSSR count). The van der Waals surface area contributed by atoms with Gasteiger partial charge in [-0.05, 0) is 70.1 Å². The van der Waals surface area contributed by atoms with Gasteiger partial charge in [0.05, 0.1) is 37.1 Å². The van der Waals surface area contributed by atoms with Gasteiger partial charge in [-0.15, -0.1) is 0 Å². The number of aliphatic hydroxyl groups excluding tert-OH is 1. The zero-order valence-electron chi connectivity index (χ0n) is 27.6. The molecule has 0 aromatic heterocycles. The SMILES string of the molecule is CCCCC1CCC(OCC)=CC1=O.CCCCI.CCOC1=CC(=O)C(CCCO)CC1.CCOC1=CC(=O)CCC1. The van der Waals surface area contributed by atoms with Crippen molar-refractivity contribution in [1.82, 2.24) is 0 Å². The molecule has 0 aromatic rings. The van der Waals surface area contributed by atoms with Crippen LogP contribution < -0.4 is 0 Å². The van der Waals surface area contributed by atoms with Gasteiger partial charge in [0.15, 0.2) is 17.3 Å². The maximum Gasteiger partial charge on any atom is 0.162 e. The molecule has 7 nitrogen and oxygen atoms in total. The van der Waals surface area contributed by atoms with E-state index in [1.165, 1.54) is 23.7 Å². The fourth-order valence-corrected chi connectivity index (χ4v) is 5.53. The molecule has 0 aromatic carbocycles. The van der Waals surface area contributed by atoms with E-state index in [1.807, 2.05) is 20.8 Å². The molecule has 1 N–H and O–H groups in total. The molecule has 0 fully saturated rings. The molecular weight excluding hydrogens is 659 g/mol. The third kappa shape index (κ3) is 20.8. The van der Waals surface area contributed by atoms with Crippen molar-refractivity contribution in [2.45, 2.75) is 125 Å². The number of carbonyl (C=O) groups is 3. The fraction of sp³-hybridized carbons (Fsp3) is 0.743. The van der Waals surface area contributed by atoms with E-state index in [2.05, 4.69) is 36.4 Å². The molecule has 0 spiro atoms. The van der Waals surface area contributed by atoms with Crippen LogP contribution in [0.5, 0.6) is 0 Å². The number of carbonyl (C=O) groups excluding carboxylic acids is 3. The second-order valence-electron chi connectivity index (χ2n) is 10.8. The Morgan fingerprint density at radius 2 is 1.14 bits per heavy atom. The van der Waals surface area contributed by atoms with E-state index in [0.29, 0.717) is 32.7 Å². The number of ether oxygens (including phenoxy) is 3. The number of ketones is 3. The molecule has 0 radical (unpaired) electrons. The summed E-state index contributed by atoms with van der Waals surface area (Å²) in [5.74, 6) is 3.56. The molecule has 0 amide bonds. The Balaban J connectivity index is 0.000000577. The van der Waals surface area contributed by atoms with Gasteiger partial charge in [0.2, 0.25) is 0 Å². The molecule has 248 valence electrons. The quantitative estimate of drug-likeness (QED) is 0.142. The van der Waals surface area contributed by atoms with Gasteiger partial charge < -0.3 is 19.3 Å². The number of halogens is 1. The fourth-order valence-electron chi connectivity index (χ4n) is 4.77. The Bertz CT molecular complexity index is 812. The summed E-state index contributed by atoms with van der Waals surface area (Å²) in [5.41, 5.74) is 0. The Labute approximate surface area is 275 Å². The molecule has 0 bridgehead atoms. The highest BCUT2D eigenvalue weighted by Crippen LogP contribution is 2.26. The van der Waals surface area contributed by atoms with E-state index in [-0.39, 0.29) is 35.8 Å². The van der Waals surface area contributed by atoms with Crippen LogP contribution in [0.15, 0.2) is 35.5 Å². The normalized spacial score (nSPS) is 19.6. The van der Waals surface area contributed by atoms with E-state index in [0.717, 1.165) is 75.1 Å². The van der Waals surface area contributed by atoms with Crippen LogP contribution >= 0.6 is 22.6 Å². The lowest BCUT2D eigenvalue weighted by atomic mass is 9.88. The maximum absolute atomic E-state index is 11.6. The summed E-state index contributed by atoms with van der Waals surface area (Å²) in [5, 5.41) is 8.67. The molecule has 8 heteroatoms. The Morgan fingerprint density at radius 3 is 1.49 bits per heavy atom. The summed E-state index contributed by atoms with van der Waals surface area (Å²) in [7, 11) is 0. The number of rotatable bonds is 14. The van der Waals surface area contributed by atoms with Crippen molar-refractivity contribution in [3.63, 3.8) is 0 Å². The highest BCUT2D eigenvalue weighted by molar-refractivity contribution is 14.1. The highest BCUT2D eigenvalue weighted by Gasteiger charge is 2.23. The largest absolute Gasteiger partial charge is 0.498 e. The van der Waals surface area contributed by atoms with Gasteiger partial charge in [0, 0.05) is 62.4 Å². The molecular formula is C35H59IO7. The van der Waals surface area contributed by atoms with E-state index < -0.39 is 0 Å². The minimum atomic E-state index is 0.103. The molecule has 0 saturated carbocycles. The van der Waals surface area contributed by atoms with Crippen LogP contribution in [0.4, 0.5) is 0 Å². The smallest absolute Gasteiger partial charge is 0.162 e. The first-order chi connectivity index (χ1) is 20.8. The molecule has 3 aliphatic rings. The summed E-state index contributed by atoms with van der Waals surface area (Å²) < 4.78 is 17.2. The number of hydrogen-bond donors (Lipinski definition) is 1. The zero-order chi connectivity index (χ0) is 32.3. The van der Waals surface area contributed by atoms with E-state index in [1.54, 1.807) is 18.2 Å². The van der Waals surface area contributed by atoms with Gasteiger partial charge in [-0.2, -0.15) is 0 Å². The summed E-state index contributed by atoms with van der Waals surface area (Å²) in [4.78, 5) is 34.0. The topological polar surface area (TPSA) is 99.1 Å². The van der Waals surface area contributed by atoms with Crippen molar-refractivity contribution < 1.29 is 33.7 Å². The number of alkyl halides is 1. The van der Waals surface area contributed by atoms with Crippen LogP contribution in [0, 0.1) is 11.8 Å². The lowest BCUT2D eigenvalue weighted by Gasteiger charge is -2.20. The van der Waals surface area contributed by atoms with Crippen molar-refractivity contribution >= 4 is 39.9 Å². The van der Waals surface area contributed by atoms with E-state index >= 15 is 0 Å². The summed E-state index contributed by atoms with van der Waals surface area (Å²) >= 11 is 2.39. The van der Waals surface area contributed by atoms with Crippen LogP contribution in [0.2, 0.25) is 0 Å². The highest BCUT2D eigenvalue weighted by atomic mass is 127. The van der Waals surface area contributed by atoms with Crippen molar-refractivity contribution in [2.24, 2.45) is 11.8 Å². The van der Waals surface area contributed by atoms with E-state index in [9.17, 15) is 14.4 Å². The van der Waals surface area contributed by atoms with E-state index in [4.69, 9.17) is 19.3 Å². The third-order valence-electron chi connectivity index (χ3n) is 7.15. The van der Waals surface area contributed by atoms with Crippen LogP contribution in [-0.2, 0) is 28.6 Å². The molecule has 43 heavy (non-hydrogen) atoms. The predicted molar refractivity (Wildman–Crippen MR) is 183 cm³/mol. The average Bonchev–Trinajstić information content (AvgIpc) is 2.98. The Hall–Kier alpha value is -1.68. The van der Waals surface area contributed by atoms with Gasteiger partial charge in [-0.1, -0.05) is 55.7 Å². The third-order valence-corrected chi connectivity index (χ3v) is 7.91. The minimum absolute atomic E-state index is 0.103. The monoisotopic (exact) mass is 718 g/mol. The van der Waals surface area contributed by atoms with Crippen molar-refractivity contribution in [3.8, 4) is 0 Å². The summed E-state index contributed by atoms with van der Waals surface area (Å²) in [6.07, 6.45) is 18.8. The van der Waals surface area contributed by atoms with Crippen LogP contribution in [-0.4, -0.2) is 53.3 Å². The summed E-state index contributed by atoms with van der Waals surface area (Å²) in [6, 6.07) is 0. The molecule has 0 heterocycles. The van der Waals surface area contributed by atoms with Gasteiger partial charge in [-0.25, -0.2) is 0 Å². The van der Waals surface area contributed by atoms with Gasteiger partial charge in [0.25, 0.3) is 0 Å². The van der Waals surface area contributed by atoms with Crippen LogP contribution in [0.1, 0.15) is 125 Å². The number of unbranched alkanes of at least 4 members (excludes halogenated alkanes) is 2. The first-order valence-electron chi connectivity index (χ1n) is 16.6. The maximum atomic E-state index is 11.6. The molecule has 2 unspecified atom stereocenters. The van der Waals surface area contributed by atoms with Crippen LogP contribution in [0.25, 0.3) is 0 Å². The average molecular weight is 719 g/mol. The van der Waals surface area contributed by atoms with Crippen molar-refractivity contribution in [2.75, 3.05) is 30.9 Å². The van der Waals surface area contributed by atoms with Crippen molar-refractivity contribution in [3.05, 3.63) is 35.5 Å². The van der Waals surface area contributed by atoms with Gasteiger partial charge in [-0.3, -0.25) is 14.4 Å². The number of aliphatic hydroxyl groups is 1.